The maximum absolute atomic E-state index is 15.6. The molecule has 0 bridgehead atoms. The van der Waals surface area contributed by atoms with Crippen LogP contribution in [0.3, 0.4) is 0 Å². The fraction of sp³-hybridized carbons (Fsp3) is 0.517. The van der Waals surface area contributed by atoms with Gasteiger partial charge in [-0.25, -0.2) is 19.0 Å². The molecule has 0 radical (unpaired) electrons. The van der Waals surface area contributed by atoms with Crippen molar-refractivity contribution in [3.63, 3.8) is 0 Å². The van der Waals surface area contributed by atoms with Gasteiger partial charge in [-0.2, -0.15) is 0 Å². The van der Waals surface area contributed by atoms with Crippen LogP contribution >= 0.6 is 11.6 Å². The third-order valence-corrected chi connectivity index (χ3v) is 7.84. The number of carboxylic acid groups (broad SMARTS) is 1. The molecule has 0 saturated carbocycles. The number of pyridine rings is 1. The molecule has 1 aromatic heterocycles. The highest BCUT2D eigenvalue weighted by atomic mass is 35.5. The summed E-state index contributed by atoms with van der Waals surface area (Å²) in [6.07, 6.45) is -1.47. The van der Waals surface area contributed by atoms with Gasteiger partial charge in [-0.1, -0.05) is 24.6 Å². The number of carbonyl (C=O) groups excluding carboxylic acids is 2. The van der Waals surface area contributed by atoms with Crippen molar-refractivity contribution in [2.45, 2.75) is 51.8 Å². The molecule has 3 aliphatic heterocycles. The van der Waals surface area contributed by atoms with Crippen molar-refractivity contribution in [3.05, 3.63) is 34.6 Å². The summed E-state index contributed by atoms with van der Waals surface area (Å²) < 4.78 is 38.2. The maximum atomic E-state index is 15.6. The number of ether oxygens (including phenoxy) is 4. The van der Waals surface area contributed by atoms with Crippen LogP contribution in [0.4, 0.5) is 19.8 Å². The highest BCUT2D eigenvalue weighted by molar-refractivity contribution is 6.35. The Labute approximate surface area is 253 Å². The van der Waals surface area contributed by atoms with Gasteiger partial charge < -0.3 is 38.8 Å². The Morgan fingerprint density at radius 2 is 1.93 bits per heavy atom. The quantitative estimate of drug-likeness (QED) is 0.380. The number of hydrogen-bond acceptors (Lipinski definition) is 9. The number of aromatic nitrogens is 1. The van der Waals surface area contributed by atoms with Gasteiger partial charge in [0.15, 0.2) is 5.75 Å². The largest absolute Gasteiger partial charge is 0.514 e. The first-order valence-electron chi connectivity index (χ1n) is 14.1. The minimum absolute atomic E-state index is 0.00393. The lowest BCUT2D eigenvalue weighted by Gasteiger charge is -2.39. The number of nitrogens with zero attached hydrogens (tertiary/aromatic N) is 4. The summed E-state index contributed by atoms with van der Waals surface area (Å²) in [6.45, 7) is 8.41. The predicted molar refractivity (Wildman–Crippen MR) is 154 cm³/mol. The molecule has 2 saturated heterocycles. The van der Waals surface area contributed by atoms with Gasteiger partial charge >= 0.3 is 12.2 Å². The average molecular weight is 621 g/mol. The molecular weight excluding hydrogens is 587 g/mol. The van der Waals surface area contributed by atoms with Crippen LogP contribution in [0.2, 0.25) is 5.02 Å². The van der Waals surface area contributed by atoms with Gasteiger partial charge in [-0.3, -0.25) is 4.79 Å². The molecule has 43 heavy (non-hydrogen) atoms. The minimum Gasteiger partial charge on any atom is -0.489 e. The number of carbonyl (C=O) groups is 3. The molecule has 1 N–H and O–H groups in total. The fourth-order valence-electron chi connectivity index (χ4n) is 5.45. The smallest absolute Gasteiger partial charge is 0.489 e. The molecule has 2 amide bonds. The summed E-state index contributed by atoms with van der Waals surface area (Å²) in [5, 5.41) is 9.39. The molecule has 0 spiro atoms. The van der Waals surface area contributed by atoms with E-state index in [9.17, 15) is 19.5 Å². The van der Waals surface area contributed by atoms with E-state index < -0.39 is 35.6 Å². The van der Waals surface area contributed by atoms with Crippen molar-refractivity contribution in [2.24, 2.45) is 0 Å². The zero-order valence-electron chi connectivity index (χ0n) is 24.4. The van der Waals surface area contributed by atoms with Crippen LogP contribution in [-0.2, 0) is 9.47 Å². The summed E-state index contributed by atoms with van der Waals surface area (Å²) in [5.74, 6) is -1.15. The Morgan fingerprint density at radius 3 is 2.63 bits per heavy atom. The van der Waals surface area contributed by atoms with E-state index in [1.165, 1.54) is 23.1 Å². The van der Waals surface area contributed by atoms with Crippen LogP contribution in [0, 0.1) is 5.82 Å². The van der Waals surface area contributed by atoms with Crippen molar-refractivity contribution in [1.82, 2.24) is 14.8 Å². The topological polar surface area (TPSA) is 131 Å². The second-order valence-corrected chi connectivity index (χ2v) is 11.9. The number of rotatable bonds is 4. The second kappa shape index (κ2) is 12.0. The lowest BCUT2D eigenvalue weighted by molar-refractivity contribution is 0.0206. The van der Waals surface area contributed by atoms with Gasteiger partial charge in [0.25, 0.3) is 5.91 Å². The number of hydrogen-bond donors (Lipinski definition) is 1. The first-order chi connectivity index (χ1) is 20.4. The number of anilines is 1. The lowest BCUT2D eigenvalue weighted by atomic mass is 10.0. The first kappa shape index (κ1) is 30.6. The monoisotopic (exact) mass is 620 g/mol. The van der Waals surface area contributed by atoms with Crippen molar-refractivity contribution in [1.29, 1.82) is 0 Å². The van der Waals surface area contributed by atoms with Crippen molar-refractivity contribution in [3.8, 4) is 22.8 Å². The summed E-state index contributed by atoms with van der Waals surface area (Å²) >= 11 is 6.90. The van der Waals surface area contributed by atoms with Gasteiger partial charge in [0.2, 0.25) is 0 Å². The van der Waals surface area contributed by atoms with Crippen LogP contribution in [0.25, 0.3) is 11.3 Å². The normalized spacial score (nSPS) is 20.5. The Kier molecular flexibility index (Phi) is 8.57. The predicted octanol–water partition coefficient (Wildman–Crippen LogP) is 4.67. The number of benzene rings is 1. The molecule has 2 atom stereocenters. The van der Waals surface area contributed by atoms with E-state index in [2.05, 4.69) is 0 Å². The third kappa shape index (κ3) is 6.14. The minimum atomic E-state index is -1.09. The molecule has 2 fully saturated rings. The fourth-order valence-corrected chi connectivity index (χ4v) is 5.73. The van der Waals surface area contributed by atoms with Crippen molar-refractivity contribution in [2.75, 3.05) is 50.9 Å². The van der Waals surface area contributed by atoms with Gasteiger partial charge in [0, 0.05) is 26.2 Å². The van der Waals surface area contributed by atoms with E-state index in [4.69, 9.17) is 35.5 Å². The van der Waals surface area contributed by atoms with E-state index in [-0.39, 0.29) is 71.4 Å². The standard InChI is InChI=1S/C29H34ClFN4O8/c1-5-16-14-40-12-11-34(16)25-21-24(41-15-17-13-33(27(37)38)9-10-35(17)26(21)36)22(30)23(32-25)20-18(31)7-6-8-19(20)42-28(39)43-29(2,3)4/h6-8,16-17H,5,9-15H2,1-4H3,(H,37,38)/t16-,17+/m0/s1. The molecule has 1 aromatic carbocycles. The maximum Gasteiger partial charge on any atom is 0.514 e. The van der Waals surface area contributed by atoms with Crippen LogP contribution in [0.1, 0.15) is 44.5 Å². The lowest BCUT2D eigenvalue weighted by Crippen LogP contribution is -2.57. The summed E-state index contributed by atoms with van der Waals surface area (Å²) in [7, 11) is 0. The summed E-state index contributed by atoms with van der Waals surface area (Å²) in [5.41, 5.74) is -1.06. The number of morpholine rings is 1. The van der Waals surface area contributed by atoms with E-state index in [1.54, 1.807) is 25.7 Å². The molecular formula is C29H34ClFN4O8. The zero-order valence-corrected chi connectivity index (χ0v) is 25.1. The number of halogens is 2. The van der Waals surface area contributed by atoms with Crippen molar-refractivity contribution < 1.29 is 42.8 Å². The molecule has 0 unspecified atom stereocenters. The highest BCUT2D eigenvalue weighted by Gasteiger charge is 2.42. The van der Waals surface area contributed by atoms with Crippen LogP contribution < -0.4 is 14.4 Å². The Balaban J connectivity index is 1.67. The van der Waals surface area contributed by atoms with Gasteiger partial charge in [-0.05, 0) is 39.3 Å². The van der Waals surface area contributed by atoms with E-state index in [1.807, 2.05) is 11.8 Å². The molecule has 5 rings (SSSR count). The number of fused-ring (bicyclic) bond motifs is 2. The molecule has 0 aliphatic carbocycles. The van der Waals surface area contributed by atoms with Crippen LogP contribution in [0.15, 0.2) is 18.2 Å². The Bertz CT molecular complexity index is 1430. The van der Waals surface area contributed by atoms with Gasteiger partial charge in [-0.15, -0.1) is 0 Å². The van der Waals surface area contributed by atoms with E-state index >= 15 is 4.39 Å². The molecule has 3 aliphatic rings. The zero-order chi connectivity index (χ0) is 31.1. The Hall–Kier alpha value is -3.84. The Morgan fingerprint density at radius 1 is 1.16 bits per heavy atom. The summed E-state index contributed by atoms with van der Waals surface area (Å²) in [4.78, 5) is 48.0. The molecule has 232 valence electrons. The molecule has 12 nitrogen and oxygen atoms in total. The number of piperazine rings is 1. The average Bonchev–Trinajstić information content (AvgIpc) is 3.09. The van der Waals surface area contributed by atoms with Gasteiger partial charge in [0.05, 0.1) is 30.9 Å². The van der Waals surface area contributed by atoms with Crippen molar-refractivity contribution >= 4 is 35.6 Å². The van der Waals surface area contributed by atoms with Gasteiger partial charge in [0.1, 0.15) is 45.9 Å². The van der Waals surface area contributed by atoms with Crippen LogP contribution in [0.5, 0.6) is 11.5 Å². The third-order valence-electron chi connectivity index (χ3n) is 7.49. The second-order valence-electron chi connectivity index (χ2n) is 11.5. The van der Waals surface area contributed by atoms with E-state index in [0.29, 0.717) is 26.2 Å². The molecule has 14 heteroatoms. The van der Waals surface area contributed by atoms with Crippen LogP contribution in [-0.4, -0.2) is 102 Å². The number of amides is 2. The molecule has 4 heterocycles. The highest BCUT2D eigenvalue weighted by Crippen LogP contribution is 2.46. The molecule has 2 aromatic rings. The SMILES string of the molecule is CC[C@H]1COCCN1c1nc(-c2c(F)cccc2OC(=O)OC(C)(C)C)c(Cl)c2c1C(=O)N1CCN(C(=O)O)C[C@@H]1CO2. The van der Waals surface area contributed by atoms with E-state index in [0.717, 1.165) is 0 Å². The first-order valence-corrected chi connectivity index (χ1v) is 14.5. The summed E-state index contributed by atoms with van der Waals surface area (Å²) in [6, 6.07) is 3.20.